The van der Waals surface area contributed by atoms with Crippen LogP contribution >= 0.6 is 11.8 Å². The highest BCUT2D eigenvalue weighted by molar-refractivity contribution is 8.03. The Labute approximate surface area is 226 Å². The topological polar surface area (TPSA) is 0 Å². The molecule has 0 atom stereocenters. The molecule has 0 amide bonds. The highest BCUT2D eigenvalue weighted by atomic mass is 32.2. The minimum Gasteiger partial charge on any atom is -0.0952 e. The summed E-state index contributed by atoms with van der Waals surface area (Å²) in [5.41, 5.74) is 9.82. The van der Waals surface area contributed by atoms with Crippen LogP contribution in [0.15, 0.2) is 82.1 Å². The maximum Gasteiger partial charge on any atom is 0.0201 e. The van der Waals surface area contributed by atoms with Crippen molar-refractivity contribution in [2.24, 2.45) is 5.41 Å². The highest BCUT2D eigenvalue weighted by Gasteiger charge is 2.35. The third-order valence-electron chi connectivity index (χ3n) is 8.04. The Balaban J connectivity index is 2.12. The first kappa shape index (κ1) is 28.6. The van der Waals surface area contributed by atoms with Crippen LogP contribution < -0.4 is 0 Å². The molecule has 0 nitrogen and oxygen atoms in total. The Morgan fingerprint density at radius 3 is 2.06 bits per heavy atom. The summed E-state index contributed by atoms with van der Waals surface area (Å²) in [6.45, 7) is 29.9. The van der Waals surface area contributed by atoms with E-state index < -0.39 is 0 Å². The molecule has 3 rings (SSSR count). The average Bonchev–Trinajstić information content (AvgIpc) is 2.76. The van der Waals surface area contributed by atoms with Crippen molar-refractivity contribution in [1.82, 2.24) is 0 Å². The zero-order valence-electron chi connectivity index (χ0n) is 24.4. The quantitative estimate of drug-likeness (QED) is 0.256. The molecule has 2 aromatic rings. The van der Waals surface area contributed by atoms with Crippen molar-refractivity contribution < 1.29 is 0 Å². The Morgan fingerprint density at radius 1 is 0.917 bits per heavy atom. The predicted molar refractivity (Wildman–Crippen MR) is 163 cm³/mol. The molecule has 1 saturated carbocycles. The van der Waals surface area contributed by atoms with Gasteiger partial charge < -0.3 is 0 Å². The van der Waals surface area contributed by atoms with Crippen LogP contribution in [0, 0.1) is 5.41 Å². The molecule has 0 unspecified atom stereocenters. The number of hydrogen-bond donors (Lipinski definition) is 0. The van der Waals surface area contributed by atoms with Gasteiger partial charge in [0.05, 0.1) is 0 Å². The van der Waals surface area contributed by atoms with E-state index in [0.717, 1.165) is 17.7 Å². The van der Waals surface area contributed by atoms with E-state index in [1.165, 1.54) is 63.1 Å². The zero-order chi connectivity index (χ0) is 26.9. The van der Waals surface area contributed by atoms with E-state index in [9.17, 15) is 0 Å². The Morgan fingerprint density at radius 2 is 1.53 bits per heavy atom. The highest BCUT2D eigenvalue weighted by Crippen LogP contribution is 2.51. The SMILES string of the molecule is C=C(CCC)/C(C(=C)Sc1ccc(C(C)(C)C)cc1-c1cccc(C(C)(C)C)c1)=C(/C)C1(C)CCC1. The summed E-state index contributed by atoms with van der Waals surface area (Å²) in [6.07, 6.45) is 5.99. The van der Waals surface area contributed by atoms with Crippen LogP contribution in [0.5, 0.6) is 0 Å². The second-order valence-electron chi connectivity index (χ2n) is 13.1. The Hall–Kier alpha value is -1.99. The van der Waals surface area contributed by atoms with Gasteiger partial charge in [-0.15, -0.1) is 0 Å². The molecule has 0 aromatic heterocycles. The minimum atomic E-state index is 0.0898. The fourth-order valence-corrected chi connectivity index (χ4v) is 6.22. The minimum absolute atomic E-state index is 0.0898. The van der Waals surface area contributed by atoms with Crippen molar-refractivity contribution in [3.05, 3.63) is 88.4 Å². The van der Waals surface area contributed by atoms with E-state index in [2.05, 4.69) is 118 Å². The lowest BCUT2D eigenvalue weighted by molar-refractivity contribution is 0.213. The van der Waals surface area contributed by atoms with Gasteiger partial charge in [-0.3, -0.25) is 0 Å². The lowest BCUT2D eigenvalue weighted by Crippen LogP contribution is -2.28. The van der Waals surface area contributed by atoms with Gasteiger partial charge in [0.15, 0.2) is 0 Å². The molecule has 1 aliphatic rings. The molecule has 1 aliphatic carbocycles. The summed E-state index contributed by atoms with van der Waals surface area (Å²) in [4.78, 5) is 2.41. The second kappa shape index (κ2) is 10.8. The summed E-state index contributed by atoms with van der Waals surface area (Å²) in [5.74, 6) is 0. The summed E-state index contributed by atoms with van der Waals surface area (Å²) in [7, 11) is 0. The molecule has 0 N–H and O–H groups in total. The second-order valence-corrected chi connectivity index (χ2v) is 14.2. The van der Waals surface area contributed by atoms with Gasteiger partial charge in [-0.2, -0.15) is 0 Å². The lowest BCUT2D eigenvalue weighted by Gasteiger charge is -2.41. The van der Waals surface area contributed by atoms with Crippen molar-refractivity contribution in [2.75, 3.05) is 0 Å². The smallest absolute Gasteiger partial charge is 0.0201 e. The van der Waals surface area contributed by atoms with E-state index >= 15 is 0 Å². The molecule has 1 heteroatoms. The number of rotatable bonds is 8. The van der Waals surface area contributed by atoms with Crippen LogP contribution in [0.2, 0.25) is 0 Å². The number of thioether (sulfide) groups is 1. The van der Waals surface area contributed by atoms with Gasteiger partial charge in [0, 0.05) is 9.80 Å². The van der Waals surface area contributed by atoms with E-state index in [1.54, 1.807) is 0 Å². The first-order chi connectivity index (χ1) is 16.7. The Bertz CT molecular complexity index is 1160. The van der Waals surface area contributed by atoms with E-state index in [0.29, 0.717) is 0 Å². The fraction of sp³-hybridized carbons (Fsp3) is 0.486. The van der Waals surface area contributed by atoms with Crippen LogP contribution in [0.1, 0.15) is 106 Å². The first-order valence-corrected chi connectivity index (χ1v) is 14.5. The van der Waals surface area contributed by atoms with Gasteiger partial charge in [-0.25, -0.2) is 0 Å². The predicted octanol–water partition coefficient (Wildman–Crippen LogP) is 11.4. The third kappa shape index (κ3) is 6.28. The van der Waals surface area contributed by atoms with Gasteiger partial charge in [-0.1, -0.05) is 129 Å². The van der Waals surface area contributed by atoms with E-state index in [-0.39, 0.29) is 16.2 Å². The molecule has 194 valence electrons. The molecule has 0 bridgehead atoms. The van der Waals surface area contributed by atoms with E-state index in [4.69, 9.17) is 0 Å². The maximum atomic E-state index is 4.65. The number of hydrogen-bond acceptors (Lipinski definition) is 1. The van der Waals surface area contributed by atoms with Crippen molar-refractivity contribution in [3.63, 3.8) is 0 Å². The monoisotopic (exact) mass is 500 g/mol. The molecular formula is C35H48S. The summed E-state index contributed by atoms with van der Waals surface area (Å²) in [6, 6.07) is 16.1. The van der Waals surface area contributed by atoms with Gasteiger partial charge in [0.25, 0.3) is 0 Å². The largest absolute Gasteiger partial charge is 0.0952 e. The standard InChI is InChI=1S/C35H48S/c1-12-15-24(2)32(25(3)35(11)20-14-21-35)26(4)36-31-19-18-29(34(8,9)10)23-30(31)27-16-13-17-28(22-27)33(5,6)7/h13,16-19,22-23H,2,4,12,14-15,20-21H2,1,3,5-11H3/b32-25+. The molecule has 0 aliphatic heterocycles. The molecule has 2 aromatic carbocycles. The van der Waals surface area contributed by atoms with Crippen LogP contribution in [0.4, 0.5) is 0 Å². The van der Waals surface area contributed by atoms with Gasteiger partial charge in [0.1, 0.15) is 0 Å². The van der Waals surface area contributed by atoms with Gasteiger partial charge >= 0.3 is 0 Å². The van der Waals surface area contributed by atoms with Crippen LogP contribution in [-0.4, -0.2) is 0 Å². The van der Waals surface area contributed by atoms with Crippen molar-refractivity contribution >= 4 is 11.8 Å². The normalized spacial score (nSPS) is 16.2. The summed E-state index contributed by atoms with van der Waals surface area (Å²) >= 11 is 1.83. The molecular weight excluding hydrogens is 452 g/mol. The molecule has 0 heterocycles. The van der Waals surface area contributed by atoms with Crippen molar-refractivity contribution in [1.29, 1.82) is 0 Å². The molecule has 0 radical (unpaired) electrons. The van der Waals surface area contributed by atoms with E-state index in [1.807, 2.05) is 11.8 Å². The van der Waals surface area contributed by atoms with Crippen molar-refractivity contribution in [2.45, 2.75) is 110 Å². The molecule has 1 fully saturated rings. The van der Waals surface area contributed by atoms with Crippen LogP contribution in [0.3, 0.4) is 0 Å². The molecule has 0 saturated heterocycles. The fourth-order valence-electron chi connectivity index (χ4n) is 5.13. The third-order valence-corrected chi connectivity index (χ3v) is 9.07. The molecule has 0 spiro atoms. The van der Waals surface area contributed by atoms with Crippen LogP contribution in [0.25, 0.3) is 11.1 Å². The maximum absolute atomic E-state index is 4.65. The van der Waals surface area contributed by atoms with Gasteiger partial charge in [-0.05, 0) is 88.0 Å². The summed E-state index contributed by atoms with van der Waals surface area (Å²) < 4.78 is 0. The average molecular weight is 501 g/mol. The Kier molecular flexibility index (Phi) is 8.56. The zero-order valence-corrected chi connectivity index (χ0v) is 25.2. The van der Waals surface area contributed by atoms with Crippen molar-refractivity contribution in [3.8, 4) is 11.1 Å². The van der Waals surface area contributed by atoms with Crippen LogP contribution in [-0.2, 0) is 10.8 Å². The molecule has 36 heavy (non-hydrogen) atoms. The lowest BCUT2D eigenvalue weighted by atomic mass is 9.64. The number of benzene rings is 2. The van der Waals surface area contributed by atoms with Gasteiger partial charge in [0.2, 0.25) is 0 Å². The first-order valence-electron chi connectivity index (χ1n) is 13.7. The number of allylic oxidation sites excluding steroid dienone is 3. The summed E-state index contributed by atoms with van der Waals surface area (Å²) in [5, 5.41) is 0.